The summed E-state index contributed by atoms with van der Waals surface area (Å²) in [6.45, 7) is 4.96. The Morgan fingerprint density at radius 3 is 2.33 bits per heavy atom. The number of imide groups is 1. The lowest BCUT2D eigenvalue weighted by Crippen LogP contribution is -2.31. The van der Waals surface area contributed by atoms with Crippen LogP contribution in [0.2, 0.25) is 0 Å². The summed E-state index contributed by atoms with van der Waals surface area (Å²) in [5, 5.41) is 0. The third-order valence-electron chi connectivity index (χ3n) is 2.76. The van der Waals surface area contributed by atoms with E-state index in [1.54, 1.807) is 0 Å². The van der Waals surface area contributed by atoms with Crippen LogP contribution in [0.4, 0.5) is 0 Å². The molecule has 15 heavy (non-hydrogen) atoms. The third kappa shape index (κ3) is 3.50. The molecule has 1 atom stereocenters. The number of rotatable bonds is 6. The highest BCUT2D eigenvalue weighted by atomic mass is 16.2. The van der Waals surface area contributed by atoms with E-state index < -0.39 is 0 Å². The van der Waals surface area contributed by atoms with Crippen LogP contribution in [0.3, 0.4) is 0 Å². The Kier molecular flexibility index (Phi) is 4.53. The Bertz CT molecular complexity index is 253. The zero-order chi connectivity index (χ0) is 11.3. The van der Waals surface area contributed by atoms with Crippen molar-refractivity contribution in [2.75, 3.05) is 6.54 Å². The molecule has 2 amide bonds. The molecule has 1 unspecified atom stereocenters. The third-order valence-corrected chi connectivity index (χ3v) is 2.76. The van der Waals surface area contributed by atoms with Crippen molar-refractivity contribution in [3.8, 4) is 0 Å². The van der Waals surface area contributed by atoms with Gasteiger partial charge in [0.25, 0.3) is 11.8 Å². The highest BCUT2D eigenvalue weighted by molar-refractivity contribution is 6.12. The highest BCUT2D eigenvalue weighted by Crippen LogP contribution is 2.13. The maximum atomic E-state index is 11.2. The van der Waals surface area contributed by atoms with Gasteiger partial charge in [-0.15, -0.1) is 0 Å². The summed E-state index contributed by atoms with van der Waals surface area (Å²) in [5.74, 6) is 0.363. The van der Waals surface area contributed by atoms with Crippen LogP contribution in [0.5, 0.6) is 0 Å². The fourth-order valence-corrected chi connectivity index (χ4v) is 1.89. The number of carbonyl (C=O) groups is 2. The van der Waals surface area contributed by atoms with Gasteiger partial charge in [0.15, 0.2) is 0 Å². The van der Waals surface area contributed by atoms with Crippen LogP contribution in [0.25, 0.3) is 0 Å². The van der Waals surface area contributed by atoms with Gasteiger partial charge in [0.05, 0.1) is 0 Å². The van der Waals surface area contributed by atoms with Crippen LogP contribution in [0.15, 0.2) is 12.2 Å². The standard InChI is InChI=1S/C12H19NO2/c1-3-5-10(2)6-4-9-13-11(14)7-8-12(13)15/h7-8,10H,3-6,9H2,1-2H3. The van der Waals surface area contributed by atoms with E-state index in [0.29, 0.717) is 12.5 Å². The van der Waals surface area contributed by atoms with Crippen LogP contribution >= 0.6 is 0 Å². The first-order valence-corrected chi connectivity index (χ1v) is 5.68. The molecule has 0 saturated heterocycles. The lowest BCUT2D eigenvalue weighted by atomic mass is 10.0. The quantitative estimate of drug-likeness (QED) is 0.628. The second kappa shape index (κ2) is 5.69. The van der Waals surface area contributed by atoms with Crippen molar-refractivity contribution in [2.45, 2.75) is 39.5 Å². The summed E-state index contributed by atoms with van der Waals surface area (Å²) in [6.07, 6.45) is 7.12. The lowest BCUT2D eigenvalue weighted by Gasteiger charge is -2.15. The molecule has 0 radical (unpaired) electrons. The molecule has 1 heterocycles. The van der Waals surface area contributed by atoms with E-state index in [0.717, 1.165) is 12.8 Å². The average molecular weight is 209 g/mol. The van der Waals surface area contributed by atoms with Crippen LogP contribution in [-0.2, 0) is 9.59 Å². The Balaban J connectivity index is 2.20. The minimum Gasteiger partial charge on any atom is -0.275 e. The second-order valence-corrected chi connectivity index (χ2v) is 4.20. The lowest BCUT2D eigenvalue weighted by molar-refractivity contribution is -0.136. The van der Waals surface area contributed by atoms with Gasteiger partial charge in [-0.25, -0.2) is 0 Å². The number of nitrogens with zero attached hydrogens (tertiary/aromatic N) is 1. The normalized spacial score (nSPS) is 17.6. The maximum Gasteiger partial charge on any atom is 0.253 e. The summed E-state index contributed by atoms with van der Waals surface area (Å²) in [5.41, 5.74) is 0. The first-order valence-electron chi connectivity index (χ1n) is 5.68. The van der Waals surface area contributed by atoms with Gasteiger partial charge in [0, 0.05) is 18.7 Å². The van der Waals surface area contributed by atoms with Crippen molar-refractivity contribution < 1.29 is 9.59 Å². The van der Waals surface area contributed by atoms with Gasteiger partial charge in [-0.05, 0) is 18.8 Å². The molecule has 0 saturated carbocycles. The SMILES string of the molecule is CCCC(C)CCCN1C(=O)C=CC1=O. The summed E-state index contributed by atoms with van der Waals surface area (Å²) in [6, 6.07) is 0. The molecule has 1 rings (SSSR count). The van der Waals surface area contributed by atoms with Gasteiger partial charge in [-0.2, -0.15) is 0 Å². The van der Waals surface area contributed by atoms with Crippen molar-refractivity contribution >= 4 is 11.8 Å². The summed E-state index contributed by atoms with van der Waals surface area (Å²) in [4.78, 5) is 23.7. The molecule has 0 N–H and O–H groups in total. The fourth-order valence-electron chi connectivity index (χ4n) is 1.89. The van der Waals surface area contributed by atoms with Gasteiger partial charge in [-0.1, -0.05) is 26.7 Å². The molecule has 0 aliphatic carbocycles. The van der Waals surface area contributed by atoms with Crippen LogP contribution in [0.1, 0.15) is 39.5 Å². The van der Waals surface area contributed by atoms with Gasteiger partial charge in [0.1, 0.15) is 0 Å². The smallest absolute Gasteiger partial charge is 0.253 e. The number of hydrogen-bond donors (Lipinski definition) is 0. The van der Waals surface area contributed by atoms with Crippen molar-refractivity contribution in [1.82, 2.24) is 4.90 Å². The van der Waals surface area contributed by atoms with Gasteiger partial charge in [0.2, 0.25) is 0 Å². The van der Waals surface area contributed by atoms with E-state index in [1.807, 2.05) is 0 Å². The number of carbonyl (C=O) groups excluding carboxylic acids is 2. The second-order valence-electron chi connectivity index (χ2n) is 4.20. The van der Waals surface area contributed by atoms with E-state index in [-0.39, 0.29) is 11.8 Å². The predicted molar refractivity (Wildman–Crippen MR) is 59.2 cm³/mol. The van der Waals surface area contributed by atoms with E-state index in [9.17, 15) is 9.59 Å². The Hall–Kier alpha value is -1.12. The molecule has 1 aliphatic heterocycles. The van der Waals surface area contributed by atoms with Crippen LogP contribution in [0, 0.1) is 5.92 Å². The van der Waals surface area contributed by atoms with E-state index >= 15 is 0 Å². The van der Waals surface area contributed by atoms with E-state index in [4.69, 9.17) is 0 Å². The van der Waals surface area contributed by atoms with Gasteiger partial charge in [-0.3, -0.25) is 14.5 Å². The van der Waals surface area contributed by atoms with Gasteiger partial charge >= 0.3 is 0 Å². The molecule has 0 aromatic carbocycles. The first kappa shape index (κ1) is 12.0. The van der Waals surface area contributed by atoms with Gasteiger partial charge < -0.3 is 0 Å². The first-order chi connectivity index (χ1) is 7.15. The average Bonchev–Trinajstić information content (AvgIpc) is 2.49. The Morgan fingerprint density at radius 1 is 1.20 bits per heavy atom. The topological polar surface area (TPSA) is 37.4 Å². The van der Waals surface area contributed by atoms with Crippen molar-refractivity contribution in [3.05, 3.63) is 12.2 Å². The molecule has 0 aromatic rings. The monoisotopic (exact) mass is 209 g/mol. The van der Waals surface area contributed by atoms with Crippen molar-refractivity contribution in [1.29, 1.82) is 0 Å². The minimum atomic E-state index is -0.164. The van der Waals surface area contributed by atoms with Crippen molar-refractivity contribution in [3.63, 3.8) is 0 Å². The molecule has 0 spiro atoms. The highest BCUT2D eigenvalue weighted by Gasteiger charge is 2.22. The van der Waals surface area contributed by atoms with Crippen LogP contribution < -0.4 is 0 Å². The summed E-state index contributed by atoms with van der Waals surface area (Å²) < 4.78 is 0. The minimum absolute atomic E-state index is 0.164. The van der Waals surface area contributed by atoms with Crippen molar-refractivity contribution in [2.24, 2.45) is 5.92 Å². The Labute approximate surface area is 91.1 Å². The largest absolute Gasteiger partial charge is 0.275 e. The molecule has 0 fully saturated rings. The number of amides is 2. The summed E-state index contributed by atoms with van der Waals surface area (Å²) >= 11 is 0. The molecule has 1 aliphatic rings. The summed E-state index contributed by atoms with van der Waals surface area (Å²) in [7, 11) is 0. The fraction of sp³-hybridized carbons (Fsp3) is 0.667. The molecular formula is C12H19NO2. The van der Waals surface area contributed by atoms with E-state index in [2.05, 4.69) is 13.8 Å². The molecule has 0 aromatic heterocycles. The zero-order valence-electron chi connectivity index (χ0n) is 9.53. The van der Waals surface area contributed by atoms with E-state index in [1.165, 1.54) is 29.9 Å². The molecule has 3 heteroatoms. The zero-order valence-corrected chi connectivity index (χ0v) is 9.53. The predicted octanol–water partition coefficient (Wildman–Crippen LogP) is 2.13. The maximum absolute atomic E-state index is 11.2. The Morgan fingerprint density at radius 2 is 1.80 bits per heavy atom. The molecular weight excluding hydrogens is 190 g/mol. The molecule has 3 nitrogen and oxygen atoms in total. The van der Waals surface area contributed by atoms with Crippen LogP contribution in [-0.4, -0.2) is 23.3 Å². The molecule has 84 valence electrons. The number of hydrogen-bond acceptors (Lipinski definition) is 2. The molecule has 0 bridgehead atoms.